The second-order valence-electron chi connectivity index (χ2n) is 7.47. The lowest BCUT2D eigenvalue weighted by Gasteiger charge is -2.10. The summed E-state index contributed by atoms with van der Waals surface area (Å²) in [5, 5.41) is 2.91. The quantitative estimate of drug-likeness (QED) is 0.436. The molecule has 1 amide bonds. The van der Waals surface area contributed by atoms with Gasteiger partial charge < -0.3 is 14.8 Å². The van der Waals surface area contributed by atoms with Crippen molar-refractivity contribution >= 4 is 11.6 Å². The SMILES string of the molecule is CCCCCCCOc1ccc(C(=O)Nc2ccc(OCC(C)C)cc2)cc1. The van der Waals surface area contributed by atoms with E-state index in [1.807, 2.05) is 36.4 Å². The number of unbranched alkanes of at least 4 members (excludes halogenated alkanes) is 4. The second kappa shape index (κ2) is 12.1. The number of benzene rings is 2. The Labute approximate surface area is 169 Å². The summed E-state index contributed by atoms with van der Waals surface area (Å²) in [7, 11) is 0. The minimum atomic E-state index is -0.137. The Morgan fingerprint density at radius 3 is 2.11 bits per heavy atom. The van der Waals surface area contributed by atoms with Gasteiger partial charge in [-0.25, -0.2) is 0 Å². The molecule has 0 saturated carbocycles. The third kappa shape index (κ3) is 8.03. The zero-order valence-electron chi connectivity index (χ0n) is 17.4. The van der Waals surface area contributed by atoms with E-state index in [1.165, 1.54) is 25.7 Å². The highest BCUT2D eigenvalue weighted by Gasteiger charge is 2.07. The van der Waals surface area contributed by atoms with Crippen molar-refractivity contribution in [1.29, 1.82) is 0 Å². The van der Waals surface area contributed by atoms with Crippen LogP contribution in [0.2, 0.25) is 0 Å². The summed E-state index contributed by atoms with van der Waals surface area (Å²) in [6.45, 7) is 7.84. The summed E-state index contributed by atoms with van der Waals surface area (Å²) in [4.78, 5) is 12.4. The van der Waals surface area contributed by atoms with E-state index in [2.05, 4.69) is 26.1 Å². The van der Waals surface area contributed by atoms with Crippen molar-refractivity contribution < 1.29 is 14.3 Å². The summed E-state index contributed by atoms with van der Waals surface area (Å²) < 4.78 is 11.4. The molecule has 0 aliphatic rings. The molecule has 152 valence electrons. The van der Waals surface area contributed by atoms with Crippen LogP contribution >= 0.6 is 0 Å². The Kier molecular flexibility index (Phi) is 9.40. The van der Waals surface area contributed by atoms with Crippen molar-refractivity contribution in [2.45, 2.75) is 52.9 Å². The molecule has 4 nitrogen and oxygen atoms in total. The van der Waals surface area contributed by atoms with E-state index < -0.39 is 0 Å². The molecular weight excluding hydrogens is 350 g/mol. The molecule has 0 spiro atoms. The molecule has 0 aliphatic carbocycles. The van der Waals surface area contributed by atoms with Crippen LogP contribution in [0.5, 0.6) is 11.5 Å². The minimum absolute atomic E-state index is 0.137. The van der Waals surface area contributed by atoms with Crippen LogP contribution in [0.15, 0.2) is 48.5 Å². The van der Waals surface area contributed by atoms with Crippen molar-refractivity contribution in [1.82, 2.24) is 0 Å². The highest BCUT2D eigenvalue weighted by Crippen LogP contribution is 2.18. The first kappa shape index (κ1) is 21.8. The number of ether oxygens (including phenoxy) is 2. The minimum Gasteiger partial charge on any atom is -0.494 e. The van der Waals surface area contributed by atoms with Crippen molar-refractivity contribution in [3.8, 4) is 11.5 Å². The van der Waals surface area contributed by atoms with Crippen molar-refractivity contribution in [2.75, 3.05) is 18.5 Å². The Bertz CT molecular complexity index is 693. The summed E-state index contributed by atoms with van der Waals surface area (Å²) >= 11 is 0. The number of amides is 1. The van der Waals surface area contributed by atoms with Gasteiger partial charge in [0.05, 0.1) is 13.2 Å². The summed E-state index contributed by atoms with van der Waals surface area (Å²) in [5.74, 6) is 1.95. The third-order valence-electron chi connectivity index (χ3n) is 4.33. The lowest BCUT2D eigenvalue weighted by molar-refractivity contribution is 0.102. The summed E-state index contributed by atoms with van der Waals surface area (Å²) in [6.07, 6.45) is 6.08. The number of rotatable bonds is 12. The first-order valence-electron chi connectivity index (χ1n) is 10.4. The predicted octanol–water partition coefficient (Wildman–Crippen LogP) is 6.32. The number of hydrogen-bond donors (Lipinski definition) is 1. The van der Waals surface area contributed by atoms with Gasteiger partial charge in [-0.15, -0.1) is 0 Å². The van der Waals surface area contributed by atoms with Crippen LogP contribution < -0.4 is 14.8 Å². The topological polar surface area (TPSA) is 47.6 Å². The van der Waals surface area contributed by atoms with Crippen LogP contribution in [0, 0.1) is 5.92 Å². The first-order chi connectivity index (χ1) is 13.6. The molecule has 1 N–H and O–H groups in total. The Hall–Kier alpha value is -2.49. The molecule has 0 atom stereocenters. The molecule has 0 unspecified atom stereocenters. The van der Waals surface area contributed by atoms with Gasteiger partial charge in [-0.1, -0.05) is 46.5 Å². The van der Waals surface area contributed by atoms with Crippen LogP contribution in [0.4, 0.5) is 5.69 Å². The molecule has 2 aromatic carbocycles. The molecule has 0 aliphatic heterocycles. The lowest BCUT2D eigenvalue weighted by atomic mass is 10.1. The molecule has 4 heteroatoms. The molecule has 0 bridgehead atoms. The third-order valence-corrected chi connectivity index (χ3v) is 4.33. The molecule has 0 aromatic heterocycles. The van der Waals surface area contributed by atoms with E-state index >= 15 is 0 Å². The smallest absolute Gasteiger partial charge is 0.255 e. The fourth-order valence-electron chi connectivity index (χ4n) is 2.70. The summed E-state index contributed by atoms with van der Waals surface area (Å²) in [6, 6.07) is 14.7. The highest BCUT2D eigenvalue weighted by molar-refractivity contribution is 6.04. The van der Waals surface area contributed by atoms with Gasteiger partial charge >= 0.3 is 0 Å². The highest BCUT2D eigenvalue weighted by atomic mass is 16.5. The molecule has 0 heterocycles. The van der Waals surface area contributed by atoms with Gasteiger partial charge in [0.15, 0.2) is 0 Å². The average molecular weight is 384 g/mol. The lowest BCUT2D eigenvalue weighted by Crippen LogP contribution is -2.11. The van der Waals surface area contributed by atoms with E-state index in [-0.39, 0.29) is 5.91 Å². The van der Waals surface area contributed by atoms with E-state index in [9.17, 15) is 4.79 Å². The molecule has 0 fully saturated rings. The largest absolute Gasteiger partial charge is 0.494 e. The average Bonchev–Trinajstić information content (AvgIpc) is 2.70. The molecule has 2 aromatic rings. The Morgan fingerprint density at radius 2 is 1.46 bits per heavy atom. The maximum Gasteiger partial charge on any atom is 0.255 e. The number of anilines is 1. The molecule has 0 radical (unpaired) electrons. The van der Waals surface area contributed by atoms with E-state index in [1.54, 1.807) is 12.1 Å². The van der Waals surface area contributed by atoms with Gasteiger partial charge in [0.25, 0.3) is 5.91 Å². The number of nitrogens with one attached hydrogen (secondary N) is 1. The zero-order chi connectivity index (χ0) is 20.2. The number of carbonyl (C=O) groups is 1. The van der Waals surface area contributed by atoms with E-state index in [0.717, 1.165) is 30.2 Å². The van der Waals surface area contributed by atoms with Crippen LogP contribution in [0.3, 0.4) is 0 Å². The zero-order valence-corrected chi connectivity index (χ0v) is 17.4. The van der Waals surface area contributed by atoms with Crippen LogP contribution in [-0.2, 0) is 0 Å². The number of hydrogen-bond acceptors (Lipinski definition) is 3. The van der Waals surface area contributed by atoms with E-state index in [0.29, 0.717) is 18.1 Å². The van der Waals surface area contributed by atoms with Gasteiger partial charge in [-0.2, -0.15) is 0 Å². The maximum absolute atomic E-state index is 12.4. The fourth-order valence-corrected chi connectivity index (χ4v) is 2.70. The molecule has 2 rings (SSSR count). The number of carbonyl (C=O) groups excluding carboxylic acids is 1. The van der Waals surface area contributed by atoms with Crippen LogP contribution in [0.1, 0.15) is 63.2 Å². The van der Waals surface area contributed by atoms with E-state index in [4.69, 9.17) is 9.47 Å². The summed E-state index contributed by atoms with van der Waals surface area (Å²) in [5.41, 5.74) is 1.35. The Balaban J connectivity index is 1.77. The van der Waals surface area contributed by atoms with Gasteiger partial charge in [0.2, 0.25) is 0 Å². The standard InChI is InChI=1S/C24H33NO3/c1-4-5-6-7-8-17-27-22-13-9-20(10-14-22)24(26)25-21-11-15-23(16-12-21)28-18-19(2)3/h9-16,19H,4-8,17-18H2,1-3H3,(H,25,26). The van der Waals surface area contributed by atoms with Crippen LogP contribution in [0.25, 0.3) is 0 Å². The van der Waals surface area contributed by atoms with Gasteiger partial charge in [-0.3, -0.25) is 4.79 Å². The Morgan fingerprint density at radius 1 is 0.857 bits per heavy atom. The van der Waals surface area contributed by atoms with Crippen molar-refractivity contribution in [3.63, 3.8) is 0 Å². The van der Waals surface area contributed by atoms with Gasteiger partial charge in [-0.05, 0) is 60.9 Å². The normalized spacial score (nSPS) is 10.7. The first-order valence-corrected chi connectivity index (χ1v) is 10.4. The monoisotopic (exact) mass is 383 g/mol. The van der Waals surface area contributed by atoms with Crippen molar-refractivity contribution in [2.24, 2.45) is 5.92 Å². The van der Waals surface area contributed by atoms with Crippen LogP contribution in [-0.4, -0.2) is 19.1 Å². The molecule has 28 heavy (non-hydrogen) atoms. The maximum atomic E-state index is 12.4. The molecule has 0 saturated heterocycles. The van der Waals surface area contributed by atoms with Gasteiger partial charge in [0.1, 0.15) is 11.5 Å². The van der Waals surface area contributed by atoms with Gasteiger partial charge in [0, 0.05) is 11.3 Å². The predicted molar refractivity (Wildman–Crippen MR) is 115 cm³/mol. The fraction of sp³-hybridized carbons (Fsp3) is 0.458. The molecular formula is C24H33NO3. The second-order valence-corrected chi connectivity index (χ2v) is 7.47. The van der Waals surface area contributed by atoms with Crippen molar-refractivity contribution in [3.05, 3.63) is 54.1 Å².